The lowest BCUT2D eigenvalue weighted by atomic mass is 10.1. The molecule has 0 fully saturated rings. The van der Waals surface area contributed by atoms with Crippen molar-refractivity contribution in [2.75, 3.05) is 12.8 Å². The first-order chi connectivity index (χ1) is 9.20. The third kappa shape index (κ3) is 1.79. The minimum atomic E-state index is 0.580. The van der Waals surface area contributed by atoms with Gasteiger partial charge in [0.15, 0.2) is 11.6 Å². The van der Waals surface area contributed by atoms with Gasteiger partial charge >= 0.3 is 0 Å². The summed E-state index contributed by atoms with van der Waals surface area (Å²) < 4.78 is 7.07. The van der Waals surface area contributed by atoms with Crippen LogP contribution in [-0.4, -0.2) is 21.7 Å². The van der Waals surface area contributed by atoms with E-state index in [0.29, 0.717) is 23.0 Å². The molecule has 0 aliphatic heterocycles. The summed E-state index contributed by atoms with van der Waals surface area (Å²) in [5, 5.41) is 8.37. The number of nitrogens with two attached hydrogens (primary N) is 1. The average molecular weight is 254 g/mol. The molecule has 1 aromatic carbocycles. The third-order valence-corrected chi connectivity index (χ3v) is 3.08. The Kier molecular flexibility index (Phi) is 2.59. The zero-order valence-electron chi connectivity index (χ0n) is 10.8. The van der Waals surface area contributed by atoms with E-state index < -0.39 is 0 Å². The number of aryl methyl sites for hydroxylation is 1. The molecular weight excluding hydrogens is 240 g/mol. The van der Waals surface area contributed by atoms with Gasteiger partial charge in [-0.15, -0.1) is 10.2 Å². The standard InChI is InChI=1S/C14H14N4O/c1-9-3-5-10(6-4-9)13-16-17-14-11(19-2)7-8-12(15)18(13)14/h3-8H,15H2,1-2H3. The maximum Gasteiger partial charge on any atom is 0.205 e. The van der Waals surface area contributed by atoms with Crippen LogP contribution in [0.1, 0.15) is 5.56 Å². The first-order valence-electron chi connectivity index (χ1n) is 5.95. The van der Waals surface area contributed by atoms with Gasteiger partial charge in [-0.2, -0.15) is 0 Å². The first-order valence-corrected chi connectivity index (χ1v) is 5.95. The minimum absolute atomic E-state index is 0.580. The van der Waals surface area contributed by atoms with E-state index in [1.54, 1.807) is 23.6 Å². The number of pyridine rings is 1. The van der Waals surface area contributed by atoms with Crippen molar-refractivity contribution in [1.82, 2.24) is 14.6 Å². The molecule has 5 nitrogen and oxygen atoms in total. The van der Waals surface area contributed by atoms with Gasteiger partial charge in [-0.1, -0.05) is 29.8 Å². The van der Waals surface area contributed by atoms with Crippen LogP contribution in [0.3, 0.4) is 0 Å². The molecule has 3 rings (SSSR count). The Morgan fingerprint density at radius 1 is 1.05 bits per heavy atom. The van der Waals surface area contributed by atoms with Gasteiger partial charge in [-0.05, 0) is 19.1 Å². The SMILES string of the molecule is COc1ccc(N)n2c(-c3ccc(C)cc3)nnc12. The van der Waals surface area contributed by atoms with Crippen LogP contribution in [0.25, 0.3) is 17.0 Å². The molecule has 0 amide bonds. The molecule has 0 radical (unpaired) electrons. The number of nitrogen functional groups attached to an aromatic ring is 1. The van der Waals surface area contributed by atoms with Crippen LogP contribution in [0.2, 0.25) is 0 Å². The first kappa shape index (κ1) is 11.5. The van der Waals surface area contributed by atoms with Gasteiger partial charge in [0.1, 0.15) is 5.82 Å². The van der Waals surface area contributed by atoms with Crippen LogP contribution < -0.4 is 10.5 Å². The molecule has 0 atom stereocenters. The van der Waals surface area contributed by atoms with Crippen LogP contribution in [0.4, 0.5) is 5.82 Å². The Hall–Kier alpha value is -2.56. The third-order valence-electron chi connectivity index (χ3n) is 3.08. The van der Waals surface area contributed by atoms with Gasteiger partial charge in [-0.25, -0.2) is 0 Å². The van der Waals surface area contributed by atoms with Crippen molar-refractivity contribution in [2.45, 2.75) is 6.92 Å². The van der Waals surface area contributed by atoms with Crippen molar-refractivity contribution in [1.29, 1.82) is 0 Å². The molecule has 96 valence electrons. The van der Waals surface area contributed by atoms with E-state index >= 15 is 0 Å². The lowest BCUT2D eigenvalue weighted by molar-refractivity contribution is 0.417. The van der Waals surface area contributed by atoms with Crippen LogP contribution in [0.5, 0.6) is 5.75 Å². The van der Waals surface area contributed by atoms with Crippen molar-refractivity contribution in [3.8, 4) is 17.1 Å². The molecule has 0 bridgehead atoms. The van der Waals surface area contributed by atoms with Gasteiger partial charge in [0.25, 0.3) is 0 Å². The summed E-state index contributed by atoms with van der Waals surface area (Å²) in [5.41, 5.74) is 8.81. The van der Waals surface area contributed by atoms with Crippen molar-refractivity contribution in [3.63, 3.8) is 0 Å². The molecule has 5 heteroatoms. The highest BCUT2D eigenvalue weighted by atomic mass is 16.5. The Balaban J connectivity index is 2.28. The average Bonchev–Trinajstić information content (AvgIpc) is 2.86. The van der Waals surface area contributed by atoms with E-state index in [4.69, 9.17) is 10.5 Å². The summed E-state index contributed by atoms with van der Waals surface area (Å²) in [4.78, 5) is 0. The summed E-state index contributed by atoms with van der Waals surface area (Å²) in [5.74, 6) is 1.95. The minimum Gasteiger partial charge on any atom is -0.493 e. The maximum absolute atomic E-state index is 6.02. The molecule has 0 saturated carbocycles. The highest BCUT2D eigenvalue weighted by Gasteiger charge is 2.13. The van der Waals surface area contributed by atoms with E-state index in [1.165, 1.54) is 5.56 Å². The van der Waals surface area contributed by atoms with E-state index in [9.17, 15) is 0 Å². The zero-order chi connectivity index (χ0) is 13.4. The Morgan fingerprint density at radius 3 is 2.47 bits per heavy atom. The van der Waals surface area contributed by atoms with Gasteiger partial charge in [-0.3, -0.25) is 4.40 Å². The number of aromatic nitrogens is 3. The van der Waals surface area contributed by atoms with E-state index in [2.05, 4.69) is 10.2 Å². The summed E-state index contributed by atoms with van der Waals surface area (Å²) in [6.07, 6.45) is 0. The lowest BCUT2D eigenvalue weighted by Crippen LogP contribution is -2.00. The second kappa shape index (κ2) is 4.28. The topological polar surface area (TPSA) is 65.4 Å². The monoisotopic (exact) mass is 254 g/mol. The second-order valence-electron chi connectivity index (χ2n) is 4.38. The number of benzene rings is 1. The Morgan fingerprint density at radius 2 is 1.79 bits per heavy atom. The fourth-order valence-electron chi connectivity index (χ4n) is 2.05. The number of fused-ring (bicyclic) bond motifs is 1. The van der Waals surface area contributed by atoms with Crippen LogP contribution >= 0.6 is 0 Å². The smallest absolute Gasteiger partial charge is 0.205 e. The quantitative estimate of drug-likeness (QED) is 0.762. The molecule has 3 aromatic rings. The summed E-state index contributed by atoms with van der Waals surface area (Å²) in [7, 11) is 1.60. The summed E-state index contributed by atoms with van der Waals surface area (Å²) in [6.45, 7) is 2.04. The number of ether oxygens (including phenoxy) is 1. The van der Waals surface area contributed by atoms with Crippen molar-refractivity contribution < 1.29 is 4.74 Å². The number of anilines is 1. The Bertz CT molecular complexity index is 731. The number of hydrogen-bond donors (Lipinski definition) is 1. The van der Waals surface area contributed by atoms with Gasteiger partial charge in [0, 0.05) is 5.56 Å². The summed E-state index contributed by atoms with van der Waals surface area (Å²) >= 11 is 0. The zero-order valence-corrected chi connectivity index (χ0v) is 10.8. The van der Waals surface area contributed by atoms with E-state index in [0.717, 1.165) is 5.56 Å². The van der Waals surface area contributed by atoms with Gasteiger partial charge in [0.2, 0.25) is 5.65 Å². The maximum atomic E-state index is 6.02. The largest absolute Gasteiger partial charge is 0.493 e. The predicted octanol–water partition coefficient (Wildman–Crippen LogP) is 2.30. The molecule has 0 saturated heterocycles. The second-order valence-corrected chi connectivity index (χ2v) is 4.38. The number of nitrogens with zero attached hydrogens (tertiary/aromatic N) is 3. The molecule has 2 heterocycles. The molecular formula is C14H14N4O. The fourth-order valence-corrected chi connectivity index (χ4v) is 2.05. The normalized spacial score (nSPS) is 10.8. The fraction of sp³-hybridized carbons (Fsp3) is 0.143. The van der Waals surface area contributed by atoms with Crippen molar-refractivity contribution >= 4 is 11.5 Å². The van der Waals surface area contributed by atoms with E-state index in [-0.39, 0.29) is 0 Å². The molecule has 0 spiro atoms. The number of methoxy groups -OCH3 is 1. The molecule has 19 heavy (non-hydrogen) atoms. The van der Waals surface area contributed by atoms with E-state index in [1.807, 2.05) is 31.2 Å². The highest BCUT2D eigenvalue weighted by molar-refractivity contribution is 5.67. The number of rotatable bonds is 2. The highest BCUT2D eigenvalue weighted by Crippen LogP contribution is 2.26. The molecule has 0 aliphatic rings. The molecule has 2 aromatic heterocycles. The van der Waals surface area contributed by atoms with Crippen molar-refractivity contribution in [3.05, 3.63) is 42.0 Å². The molecule has 2 N–H and O–H groups in total. The van der Waals surface area contributed by atoms with Crippen LogP contribution in [-0.2, 0) is 0 Å². The lowest BCUT2D eigenvalue weighted by Gasteiger charge is -2.06. The van der Waals surface area contributed by atoms with Crippen molar-refractivity contribution in [2.24, 2.45) is 0 Å². The summed E-state index contributed by atoms with van der Waals surface area (Å²) in [6, 6.07) is 11.7. The van der Waals surface area contributed by atoms with Crippen LogP contribution in [0, 0.1) is 6.92 Å². The number of hydrogen-bond acceptors (Lipinski definition) is 4. The Labute approximate surface area is 110 Å². The molecule has 0 aliphatic carbocycles. The molecule has 0 unspecified atom stereocenters. The van der Waals surface area contributed by atoms with Crippen LogP contribution in [0.15, 0.2) is 36.4 Å². The predicted molar refractivity (Wildman–Crippen MR) is 74.1 cm³/mol. The van der Waals surface area contributed by atoms with Gasteiger partial charge in [0.05, 0.1) is 7.11 Å². The van der Waals surface area contributed by atoms with Gasteiger partial charge < -0.3 is 10.5 Å².